The van der Waals surface area contributed by atoms with Gasteiger partial charge >= 0.3 is 0 Å². The van der Waals surface area contributed by atoms with E-state index in [1.54, 1.807) is 20.2 Å². The van der Waals surface area contributed by atoms with Crippen LogP contribution in [0.4, 0.5) is 0 Å². The molecule has 3 heteroatoms. The van der Waals surface area contributed by atoms with Crippen molar-refractivity contribution in [2.75, 3.05) is 17.3 Å². The van der Waals surface area contributed by atoms with Gasteiger partial charge in [0, 0.05) is 14.7 Å². The molecule has 162 valence electrons. The predicted molar refractivity (Wildman–Crippen MR) is 136 cm³/mol. The molecule has 28 heavy (non-hydrogen) atoms. The van der Waals surface area contributed by atoms with E-state index in [1.807, 2.05) is 0 Å². The Balaban J connectivity index is 2.96. The van der Waals surface area contributed by atoms with Crippen molar-refractivity contribution in [3.05, 3.63) is 17.7 Å². The highest BCUT2D eigenvalue weighted by Gasteiger charge is 2.13. The fourth-order valence-corrected chi connectivity index (χ4v) is 6.92. The lowest BCUT2D eigenvalue weighted by Gasteiger charge is -2.17. The third kappa shape index (κ3) is 11.5. The molecule has 0 atom stereocenters. The average molecular weight is 441 g/mol. The van der Waals surface area contributed by atoms with Crippen LogP contribution in [0.5, 0.6) is 0 Å². The van der Waals surface area contributed by atoms with E-state index in [0.29, 0.717) is 0 Å². The van der Waals surface area contributed by atoms with Crippen LogP contribution in [0.3, 0.4) is 0 Å². The Morgan fingerprint density at radius 3 is 1.39 bits per heavy atom. The van der Waals surface area contributed by atoms with Crippen molar-refractivity contribution in [1.82, 2.24) is 0 Å². The SMILES string of the molecule is CCCCCSc1cc(CCCC)cc(SCCCCC)c1SCCCCC. The molecule has 0 spiro atoms. The number of hydrogen-bond donors (Lipinski definition) is 0. The molecule has 1 aromatic rings. The van der Waals surface area contributed by atoms with Gasteiger partial charge in [-0.25, -0.2) is 0 Å². The van der Waals surface area contributed by atoms with Gasteiger partial charge in [0.1, 0.15) is 0 Å². The van der Waals surface area contributed by atoms with Crippen LogP contribution in [0.2, 0.25) is 0 Å². The van der Waals surface area contributed by atoms with E-state index in [4.69, 9.17) is 0 Å². The van der Waals surface area contributed by atoms with Gasteiger partial charge in [-0.05, 0) is 67.1 Å². The van der Waals surface area contributed by atoms with Gasteiger partial charge in [0.05, 0.1) is 0 Å². The average Bonchev–Trinajstić information content (AvgIpc) is 2.71. The Bertz CT molecular complexity index is 466. The first kappa shape index (κ1) is 26.3. The molecule has 0 saturated heterocycles. The Morgan fingerprint density at radius 2 is 0.964 bits per heavy atom. The molecule has 0 aliphatic heterocycles. The molecular weight excluding hydrogens is 396 g/mol. The molecule has 0 bridgehead atoms. The van der Waals surface area contributed by atoms with Crippen LogP contribution in [0, 0.1) is 0 Å². The number of hydrogen-bond acceptors (Lipinski definition) is 3. The first-order valence-corrected chi connectivity index (χ1v) is 14.8. The minimum atomic E-state index is 1.24. The molecule has 0 aromatic heterocycles. The van der Waals surface area contributed by atoms with Crippen LogP contribution in [0.1, 0.15) is 104 Å². The van der Waals surface area contributed by atoms with Gasteiger partial charge in [-0.15, -0.1) is 35.3 Å². The molecule has 0 N–H and O–H groups in total. The number of rotatable bonds is 18. The molecule has 0 aliphatic carbocycles. The fourth-order valence-electron chi connectivity index (χ4n) is 3.11. The highest BCUT2D eigenvalue weighted by molar-refractivity contribution is 8.03. The summed E-state index contributed by atoms with van der Waals surface area (Å²) in [6.07, 6.45) is 15.9. The van der Waals surface area contributed by atoms with E-state index < -0.39 is 0 Å². The van der Waals surface area contributed by atoms with Crippen LogP contribution in [0.15, 0.2) is 26.8 Å². The van der Waals surface area contributed by atoms with Gasteiger partial charge in [-0.3, -0.25) is 0 Å². The van der Waals surface area contributed by atoms with Crippen molar-refractivity contribution in [2.24, 2.45) is 0 Å². The summed E-state index contributed by atoms with van der Waals surface area (Å²) in [5.74, 6) is 3.81. The standard InChI is InChI=1S/C25H44S3/c1-5-9-13-17-26-23-20-22(16-12-8-4)21-24(27-18-14-10-6-2)25(23)28-19-15-11-7-3/h20-21H,5-19H2,1-4H3. The zero-order valence-electron chi connectivity index (χ0n) is 19.0. The van der Waals surface area contributed by atoms with Crippen molar-refractivity contribution in [3.8, 4) is 0 Å². The summed E-state index contributed by atoms with van der Waals surface area (Å²) in [6, 6.07) is 5.06. The van der Waals surface area contributed by atoms with E-state index in [9.17, 15) is 0 Å². The molecule has 0 nitrogen and oxygen atoms in total. The lowest BCUT2D eigenvalue weighted by Crippen LogP contribution is -1.94. The lowest BCUT2D eigenvalue weighted by atomic mass is 10.1. The Labute approximate surface area is 189 Å². The van der Waals surface area contributed by atoms with Crippen LogP contribution in [0.25, 0.3) is 0 Å². The maximum Gasteiger partial charge on any atom is 0.0344 e. The Morgan fingerprint density at radius 1 is 0.536 bits per heavy atom. The summed E-state index contributed by atoms with van der Waals surface area (Å²) in [6.45, 7) is 9.21. The van der Waals surface area contributed by atoms with Gasteiger partial charge in [-0.1, -0.05) is 72.6 Å². The third-order valence-electron chi connectivity index (χ3n) is 4.90. The van der Waals surface area contributed by atoms with Crippen LogP contribution in [-0.2, 0) is 6.42 Å². The van der Waals surface area contributed by atoms with Crippen LogP contribution < -0.4 is 0 Å². The maximum absolute atomic E-state index is 2.53. The molecule has 0 aliphatic rings. The number of aryl methyl sites for hydroxylation is 1. The molecule has 0 fully saturated rings. The van der Waals surface area contributed by atoms with Crippen LogP contribution >= 0.6 is 35.3 Å². The van der Waals surface area contributed by atoms with Gasteiger partial charge in [0.25, 0.3) is 0 Å². The quantitative estimate of drug-likeness (QED) is 0.165. The summed E-state index contributed by atoms with van der Waals surface area (Å²) in [7, 11) is 0. The van der Waals surface area contributed by atoms with Gasteiger partial charge in [-0.2, -0.15) is 0 Å². The zero-order chi connectivity index (χ0) is 20.5. The molecule has 0 radical (unpaired) electrons. The summed E-state index contributed by atoms with van der Waals surface area (Å²) < 4.78 is 0. The Kier molecular flexibility index (Phi) is 17.0. The van der Waals surface area contributed by atoms with Crippen molar-refractivity contribution in [1.29, 1.82) is 0 Å². The topological polar surface area (TPSA) is 0 Å². The molecular formula is C25H44S3. The molecule has 0 saturated carbocycles. The minimum absolute atomic E-state index is 1.24. The van der Waals surface area contributed by atoms with E-state index >= 15 is 0 Å². The first-order valence-electron chi connectivity index (χ1n) is 11.8. The number of thioether (sulfide) groups is 3. The third-order valence-corrected chi connectivity index (χ3v) is 8.64. The molecule has 1 rings (SSSR count). The van der Waals surface area contributed by atoms with Crippen molar-refractivity contribution in [2.45, 2.75) is 119 Å². The van der Waals surface area contributed by atoms with Gasteiger partial charge in [0.2, 0.25) is 0 Å². The summed E-state index contributed by atoms with van der Waals surface area (Å²) in [5.41, 5.74) is 1.57. The first-order chi connectivity index (χ1) is 13.8. The highest BCUT2D eigenvalue weighted by Crippen LogP contribution is 2.41. The predicted octanol–water partition coefficient (Wildman–Crippen LogP) is 9.88. The molecule has 0 unspecified atom stereocenters. The van der Waals surface area contributed by atoms with E-state index in [1.165, 1.54) is 94.3 Å². The maximum atomic E-state index is 2.53. The van der Waals surface area contributed by atoms with Crippen molar-refractivity contribution < 1.29 is 0 Å². The van der Waals surface area contributed by atoms with E-state index in [0.717, 1.165) is 0 Å². The largest absolute Gasteiger partial charge is 0.125 e. The normalized spacial score (nSPS) is 11.3. The van der Waals surface area contributed by atoms with Gasteiger partial charge in [0.15, 0.2) is 0 Å². The van der Waals surface area contributed by atoms with E-state index in [2.05, 4.69) is 75.1 Å². The molecule has 0 heterocycles. The highest BCUT2D eigenvalue weighted by atomic mass is 32.2. The minimum Gasteiger partial charge on any atom is -0.125 e. The summed E-state index contributed by atoms with van der Waals surface area (Å²) in [5, 5.41) is 0. The Hall–Kier alpha value is 0.270. The second kappa shape index (κ2) is 18.1. The zero-order valence-corrected chi connectivity index (χ0v) is 21.4. The fraction of sp³-hybridized carbons (Fsp3) is 0.760. The van der Waals surface area contributed by atoms with Crippen LogP contribution in [-0.4, -0.2) is 17.3 Å². The molecule has 0 amide bonds. The summed E-state index contributed by atoms with van der Waals surface area (Å²) >= 11 is 6.38. The summed E-state index contributed by atoms with van der Waals surface area (Å²) in [4.78, 5) is 4.74. The smallest absolute Gasteiger partial charge is 0.0344 e. The molecule has 1 aromatic carbocycles. The van der Waals surface area contributed by atoms with E-state index in [-0.39, 0.29) is 0 Å². The number of unbranched alkanes of at least 4 members (excludes halogenated alkanes) is 7. The second-order valence-corrected chi connectivity index (χ2v) is 11.1. The van der Waals surface area contributed by atoms with Crippen molar-refractivity contribution in [3.63, 3.8) is 0 Å². The van der Waals surface area contributed by atoms with Gasteiger partial charge < -0.3 is 0 Å². The second-order valence-electron chi connectivity index (χ2n) is 7.69. The monoisotopic (exact) mass is 440 g/mol. The van der Waals surface area contributed by atoms with Crippen molar-refractivity contribution >= 4 is 35.3 Å². The number of benzene rings is 1. The lowest BCUT2D eigenvalue weighted by molar-refractivity contribution is 0.774.